The summed E-state index contributed by atoms with van der Waals surface area (Å²) in [6, 6.07) is 0. The Labute approximate surface area is 107 Å². The highest BCUT2D eigenvalue weighted by atomic mass is 16.5. The summed E-state index contributed by atoms with van der Waals surface area (Å²) >= 11 is 0. The SMILES string of the molecule is CCCCCCCCOc1cncc(C(=O)O)n1. The van der Waals surface area contributed by atoms with Crippen molar-refractivity contribution in [3.8, 4) is 5.88 Å². The predicted molar refractivity (Wildman–Crippen MR) is 67.9 cm³/mol. The first-order chi connectivity index (χ1) is 8.74. The second-order valence-corrected chi connectivity index (χ2v) is 4.16. The van der Waals surface area contributed by atoms with Gasteiger partial charge in [-0.15, -0.1) is 0 Å². The summed E-state index contributed by atoms with van der Waals surface area (Å²) in [5.41, 5.74) is -0.0876. The summed E-state index contributed by atoms with van der Waals surface area (Å²) in [5.74, 6) is -0.809. The van der Waals surface area contributed by atoms with E-state index < -0.39 is 5.97 Å². The minimum absolute atomic E-state index is 0.0876. The van der Waals surface area contributed by atoms with Crippen molar-refractivity contribution >= 4 is 5.97 Å². The molecule has 0 unspecified atom stereocenters. The van der Waals surface area contributed by atoms with Crippen LogP contribution < -0.4 is 4.74 Å². The van der Waals surface area contributed by atoms with Crippen molar-refractivity contribution < 1.29 is 14.6 Å². The highest BCUT2D eigenvalue weighted by Gasteiger charge is 2.06. The van der Waals surface area contributed by atoms with E-state index in [0.717, 1.165) is 12.8 Å². The summed E-state index contributed by atoms with van der Waals surface area (Å²) in [4.78, 5) is 18.3. The Morgan fingerprint density at radius 1 is 1.22 bits per heavy atom. The van der Waals surface area contributed by atoms with E-state index in [1.54, 1.807) is 0 Å². The van der Waals surface area contributed by atoms with Gasteiger partial charge in [0.2, 0.25) is 5.88 Å². The summed E-state index contributed by atoms with van der Waals surface area (Å²) < 4.78 is 5.37. The molecular formula is C13H20N2O3. The van der Waals surface area contributed by atoms with Crippen LogP contribution in [0, 0.1) is 0 Å². The molecule has 100 valence electrons. The van der Waals surface area contributed by atoms with Gasteiger partial charge in [0.25, 0.3) is 0 Å². The highest BCUT2D eigenvalue weighted by Crippen LogP contribution is 2.08. The topological polar surface area (TPSA) is 72.3 Å². The minimum Gasteiger partial charge on any atom is -0.477 e. The van der Waals surface area contributed by atoms with Crippen molar-refractivity contribution in [1.82, 2.24) is 9.97 Å². The number of ether oxygens (including phenoxy) is 1. The van der Waals surface area contributed by atoms with Gasteiger partial charge < -0.3 is 9.84 Å². The Hall–Kier alpha value is -1.65. The first-order valence-electron chi connectivity index (χ1n) is 6.42. The normalized spacial score (nSPS) is 10.3. The molecule has 0 radical (unpaired) electrons. The van der Waals surface area contributed by atoms with E-state index in [0.29, 0.717) is 6.61 Å². The maximum atomic E-state index is 10.7. The van der Waals surface area contributed by atoms with Gasteiger partial charge in [-0.05, 0) is 6.42 Å². The van der Waals surface area contributed by atoms with Crippen molar-refractivity contribution in [2.75, 3.05) is 6.61 Å². The Bertz CT molecular complexity index is 369. The van der Waals surface area contributed by atoms with Gasteiger partial charge >= 0.3 is 5.97 Å². The molecule has 0 fully saturated rings. The largest absolute Gasteiger partial charge is 0.477 e. The number of carboxylic acid groups (broad SMARTS) is 1. The Morgan fingerprint density at radius 2 is 1.94 bits per heavy atom. The lowest BCUT2D eigenvalue weighted by Crippen LogP contribution is -2.05. The van der Waals surface area contributed by atoms with E-state index in [2.05, 4.69) is 16.9 Å². The molecule has 5 nitrogen and oxygen atoms in total. The third kappa shape index (κ3) is 5.61. The van der Waals surface area contributed by atoms with Crippen LogP contribution in [-0.4, -0.2) is 27.7 Å². The first-order valence-corrected chi connectivity index (χ1v) is 6.42. The zero-order valence-corrected chi connectivity index (χ0v) is 10.8. The Morgan fingerprint density at radius 3 is 2.67 bits per heavy atom. The molecule has 0 aromatic carbocycles. The van der Waals surface area contributed by atoms with Crippen molar-refractivity contribution in [1.29, 1.82) is 0 Å². The van der Waals surface area contributed by atoms with E-state index in [9.17, 15) is 4.79 Å². The van der Waals surface area contributed by atoms with E-state index >= 15 is 0 Å². The van der Waals surface area contributed by atoms with Crippen LogP contribution in [0.4, 0.5) is 0 Å². The van der Waals surface area contributed by atoms with E-state index in [4.69, 9.17) is 9.84 Å². The zero-order chi connectivity index (χ0) is 13.2. The minimum atomic E-state index is -1.09. The van der Waals surface area contributed by atoms with Crippen molar-refractivity contribution in [2.45, 2.75) is 45.4 Å². The van der Waals surface area contributed by atoms with Crippen LogP contribution in [0.5, 0.6) is 5.88 Å². The maximum absolute atomic E-state index is 10.7. The van der Waals surface area contributed by atoms with Crippen LogP contribution in [0.25, 0.3) is 0 Å². The third-order valence-electron chi connectivity index (χ3n) is 2.58. The van der Waals surface area contributed by atoms with Crippen molar-refractivity contribution in [2.24, 2.45) is 0 Å². The first kappa shape index (κ1) is 14.4. The molecule has 18 heavy (non-hydrogen) atoms. The smallest absolute Gasteiger partial charge is 0.356 e. The van der Waals surface area contributed by atoms with Crippen LogP contribution in [0.3, 0.4) is 0 Å². The molecule has 1 aromatic heterocycles. The number of carbonyl (C=O) groups is 1. The summed E-state index contributed by atoms with van der Waals surface area (Å²) in [5, 5.41) is 8.74. The van der Waals surface area contributed by atoms with Crippen LogP contribution in [-0.2, 0) is 0 Å². The van der Waals surface area contributed by atoms with Crippen molar-refractivity contribution in [3.05, 3.63) is 18.1 Å². The number of hydrogen-bond acceptors (Lipinski definition) is 4. The second-order valence-electron chi connectivity index (χ2n) is 4.16. The molecule has 5 heteroatoms. The number of aromatic nitrogens is 2. The van der Waals surface area contributed by atoms with Gasteiger partial charge in [-0.25, -0.2) is 9.78 Å². The lowest BCUT2D eigenvalue weighted by Gasteiger charge is -2.05. The number of hydrogen-bond donors (Lipinski definition) is 1. The lowest BCUT2D eigenvalue weighted by atomic mass is 10.1. The molecule has 1 heterocycles. The Balaban J connectivity index is 2.19. The average molecular weight is 252 g/mol. The lowest BCUT2D eigenvalue weighted by molar-refractivity contribution is 0.0688. The quantitative estimate of drug-likeness (QED) is 0.684. The molecule has 1 rings (SSSR count). The number of rotatable bonds is 9. The molecule has 0 saturated heterocycles. The van der Waals surface area contributed by atoms with Gasteiger partial charge in [0, 0.05) is 0 Å². The van der Waals surface area contributed by atoms with Crippen molar-refractivity contribution in [3.63, 3.8) is 0 Å². The molecule has 0 aliphatic rings. The number of aromatic carboxylic acids is 1. The number of unbranched alkanes of at least 4 members (excludes halogenated alkanes) is 5. The molecule has 0 aliphatic carbocycles. The third-order valence-corrected chi connectivity index (χ3v) is 2.58. The fourth-order valence-corrected chi connectivity index (χ4v) is 1.58. The zero-order valence-electron chi connectivity index (χ0n) is 10.8. The molecule has 0 spiro atoms. The van der Waals surface area contributed by atoms with Crippen LogP contribution in [0.1, 0.15) is 55.9 Å². The van der Waals surface area contributed by atoms with Gasteiger partial charge in [-0.3, -0.25) is 4.98 Å². The molecule has 0 aliphatic heterocycles. The molecular weight excluding hydrogens is 232 g/mol. The summed E-state index contributed by atoms with van der Waals surface area (Å²) in [6.45, 7) is 2.75. The number of carboxylic acids is 1. The molecule has 0 atom stereocenters. The van der Waals surface area contributed by atoms with E-state index in [1.807, 2.05) is 0 Å². The Kier molecular flexibility index (Phi) is 6.76. The van der Waals surface area contributed by atoms with E-state index in [-0.39, 0.29) is 11.6 Å². The molecule has 0 saturated carbocycles. The predicted octanol–water partition coefficient (Wildman–Crippen LogP) is 2.91. The van der Waals surface area contributed by atoms with Crippen LogP contribution >= 0.6 is 0 Å². The van der Waals surface area contributed by atoms with Crippen LogP contribution in [0.15, 0.2) is 12.4 Å². The van der Waals surface area contributed by atoms with Crippen LogP contribution in [0.2, 0.25) is 0 Å². The monoisotopic (exact) mass is 252 g/mol. The van der Waals surface area contributed by atoms with Gasteiger partial charge in [-0.1, -0.05) is 39.0 Å². The van der Waals surface area contributed by atoms with Gasteiger partial charge in [0.05, 0.1) is 19.0 Å². The van der Waals surface area contributed by atoms with Gasteiger partial charge in [-0.2, -0.15) is 0 Å². The van der Waals surface area contributed by atoms with E-state index in [1.165, 1.54) is 38.1 Å². The summed E-state index contributed by atoms with van der Waals surface area (Å²) in [6.07, 6.45) is 9.75. The van der Waals surface area contributed by atoms with Gasteiger partial charge in [0.1, 0.15) is 0 Å². The highest BCUT2D eigenvalue weighted by molar-refractivity contribution is 5.84. The summed E-state index contributed by atoms with van der Waals surface area (Å²) in [7, 11) is 0. The standard InChI is InChI=1S/C13H20N2O3/c1-2-3-4-5-6-7-8-18-12-10-14-9-11(15-12)13(16)17/h9-10H,2-8H2,1H3,(H,16,17). The molecule has 1 aromatic rings. The molecule has 0 amide bonds. The maximum Gasteiger partial charge on any atom is 0.356 e. The second kappa shape index (κ2) is 8.44. The fraction of sp³-hybridized carbons (Fsp3) is 0.615. The average Bonchev–Trinajstić information content (AvgIpc) is 2.38. The molecule has 0 bridgehead atoms. The molecule has 1 N–H and O–H groups in total. The fourth-order valence-electron chi connectivity index (χ4n) is 1.58. The van der Waals surface area contributed by atoms with Gasteiger partial charge in [0.15, 0.2) is 5.69 Å². The number of nitrogens with zero attached hydrogens (tertiary/aromatic N) is 2.